The molecule has 0 aromatic heterocycles. The highest BCUT2D eigenvalue weighted by molar-refractivity contribution is 8.93. The number of hydrogen-bond acceptors (Lipinski definition) is 2. The van der Waals surface area contributed by atoms with Gasteiger partial charge in [-0.2, -0.15) is 0 Å². The fourth-order valence-corrected chi connectivity index (χ4v) is 0.670. The molecule has 1 aromatic rings. The molecular weight excluding hydrogens is 194 g/mol. The molecule has 0 bridgehead atoms. The van der Waals surface area contributed by atoms with Crippen LogP contribution in [-0.2, 0) is 11.4 Å². The molecule has 0 saturated heterocycles. The van der Waals surface area contributed by atoms with Gasteiger partial charge in [0.05, 0.1) is 6.61 Å². The molecule has 1 aromatic carbocycles. The summed E-state index contributed by atoms with van der Waals surface area (Å²) in [6.45, 7) is 0.487. The van der Waals surface area contributed by atoms with E-state index in [1.165, 1.54) is 0 Å². The molecule has 0 fully saturated rings. The minimum Gasteiger partial charge on any atom is -0.300 e. The molecule has 0 radical (unpaired) electrons. The fraction of sp³-hybridized carbons (Fsp3) is 0.143. The van der Waals surface area contributed by atoms with Crippen molar-refractivity contribution in [1.82, 2.24) is 0 Å². The Bertz CT molecular complexity index is 167. The third-order valence-electron chi connectivity index (χ3n) is 1.09. The van der Waals surface area contributed by atoms with Crippen LogP contribution in [0.15, 0.2) is 30.3 Å². The summed E-state index contributed by atoms with van der Waals surface area (Å²) in [6.07, 6.45) is 0. The molecule has 0 atom stereocenters. The Hall–Kier alpha value is -0.380. The van der Waals surface area contributed by atoms with E-state index in [2.05, 4.69) is 4.84 Å². The molecule has 0 amide bonds. The standard InChI is InChI=1S/C7H9NO.BrH/c8-9-6-7-4-2-1-3-5-7;/h1-5H,6,8H2;1H. The predicted molar refractivity (Wildman–Crippen MR) is 45.7 cm³/mol. The maximum atomic E-state index is 4.86. The average molecular weight is 204 g/mol. The summed E-state index contributed by atoms with van der Waals surface area (Å²) in [5.74, 6) is 4.86. The van der Waals surface area contributed by atoms with E-state index in [0.29, 0.717) is 6.61 Å². The molecule has 2 nitrogen and oxygen atoms in total. The van der Waals surface area contributed by atoms with Gasteiger partial charge in [0.1, 0.15) is 0 Å². The maximum Gasteiger partial charge on any atom is 0.0930 e. The normalized spacial score (nSPS) is 8.50. The van der Waals surface area contributed by atoms with Crippen molar-refractivity contribution in [2.45, 2.75) is 6.61 Å². The van der Waals surface area contributed by atoms with Crippen molar-refractivity contribution in [2.24, 2.45) is 5.90 Å². The largest absolute Gasteiger partial charge is 0.300 e. The first-order chi connectivity index (χ1) is 4.43. The van der Waals surface area contributed by atoms with Gasteiger partial charge in [0.2, 0.25) is 0 Å². The molecule has 0 heterocycles. The van der Waals surface area contributed by atoms with E-state index < -0.39 is 0 Å². The van der Waals surface area contributed by atoms with Crippen LogP contribution in [-0.4, -0.2) is 0 Å². The van der Waals surface area contributed by atoms with Crippen molar-refractivity contribution in [3.05, 3.63) is 35.9 Å². The average Bonchev–Trinajstić information content (AvgIpc) is 1.91. The van der Waals surface area contributed by atoms with Gasteiger partial charge >= 0.3 is 0 Å². The van der Waals surface area contributed by atoms with E-state index in [1.807, 2.05) is 30.3 Å². The lowest BCUT2D eigenvalue weighted by molar-refractivity contribution is 0.124. The number of benzene rings is 1. The van der Waals surface area contributed by atoms with Crippen molar-refractivity contribution >= 4 is 17.0 Å². The van der Waals surface area contributed by atoms with Crippen LogP contribution in [0.3, 0.4) is 0 Å². The highest BCUT2D eigenvalue weighted by atomic mass is 79.9. The summed E-state index contributed by atoms with van der Waals surface area (Å²) in [5.41, 5.74) is 1.10. The molecule has 0 aliphatic carbocycles. The highest BCUT2D eigenvalue weighted by Crippen LogP contribution is 1.97. The SMILES string of the molecule is Br.NOCc1ccccc1. The molecule has 56 valence electrons. The first-order valence-electron chi connectivity index (χ1n) is 2.79. The van der Waals surface area contributed by atoms with E-state index >= 15 is 0 Å². The maximum absolute atomic E-state index is 4.86. The highest BCUT2D eigenvalue weighted by Gasteiger charge is 1.85. The zero-order valence-corrected chi connectivity index (χ0v) is 7.20. The lowest BCUT2D eigenvalue weighted by Crippen LogP contribution is -1.97. The van der Waals surface area contributed by atoms with Gasteiger partial charge in [-0.05, 0) is 5.56 Å². The van der Waals surface area contributed by atoms with Crippen molar-refractivity contribution in [3.63, 3.8) is 0 Å². The van der Waals surface area contributed by atoms with Gasteiger partial charge in [-0.3, -0.25) is 4.84 Å². The van der Waals surface area contributed by atoms with Crippen LogP contribution in [0.1, 0.15) is 5.56 Å². The number of rotatable bonds is 2. The summed E-state index contributed by atoms with van der Waals surface area (Å²) < 4.78 is 0. The van der Waals surface area contributed by atoms with Gasteiger partial charge in [0.15, 0.2) is 0 Å². The van der Waals surface area contributed by atoms with Crippen molar-refractivity contribution in [3.8, 4) is 0 Å². The Morgan fingerprint density at radius 1 is 1.20 bits per heavy atom. The number of halogens is 1. The van der Waals surface area contributed by atoms with Crippen LogP contribution >= 0.6 is 17.0 Å². The fourth-order valence-electron chi connectivity index (χ4n) is 0.670. The lowest BCUT2D eigenvalue weighted by atomic mass is 10.2. The molecular formula is C7H10BrNO. The van der Waals surface area contributed by atoms with E-state index in [1.54, 1.807) is 0 Å². The second-order valence-electron chi connectivity index (χ2n) is 1.80. The summed E-state index contributed by atoms with van der Waals surface area (Å²) in [4.78, 5) is 4.43. The van der Waals surface area contributed by atoms with Gasteiger partial charge in [0, 0.05) is 0 Å². The first kappa shape index (κ1) is 9.62. The molecule has 0 unspecified atom stereocenters. The van der Waals surface area contributed by atoms with Crippen LogP contribution in [0.5, 0.6) is 0 Å². The minimum atomic E-state index is 0. The Labute approximate surface area is 70.7 Å². The predicted octanol–water partition coefficient (Wildman–Crippen LogP) is 1.65. The second kappa shape index (κ2) is 5.41. The van der Waals surface area contributed by atoms with E-state index in [0.717, 1.165) is 5.56 Å². The van der Waals surface area contributed by atoms with Gasteiger partial charge in [-0.25, -0.2) is 5.90 Å². The summed E-state index contributed by atoms with van der Waals surface area (Å²) in [6, 6.07) is 9.79. The topological polar surface area (TPSA) is 35.2 Å². The minimum absolute atomic E-state index is 0. The Morgan fingerprint density at radius 2 is 1.80 bits per heavy atom. The van der Waals surface area contributed by atoms with Crippen LogP contribution in [0.2, 0.25) is 0 Å². The third kappa shape index (κ3) is 2.96. The quantitative estimate of drug-likeness (QED) is 0.743. The lowest BCUT2D eigenvalue weighted by Gasteiger charge is -1.94. The van der Waals surface area contributed by atoms with Crippen LogP contribution in [0.25, 0.3) is 0 Å². The number of nitrogens with two attached hydrogens (primary N) is 1. The second-order valence-corrected chi connectivity index (χ2v) is 1.80. The zero-order valence-electron chi connectivity index (χ0n) is 5.49. The van der Waals surface area contributed by atoms with Crippen LogP contribution in [0, 0.1) is 0 Å². The molecule has 10 heavy (non-hydrogen) atoms. The van der Waals surface area contributed by atoms with E-state index in [-0.39, 0.29) is 17.0 Å². The Morgan fingerprint density at radius 3 is 2.30 bits per heavy atom. The van der Waals surface area contributed by atoms with Crippen LogP contribution < -0.4 is 5.90 Å². The molecule has 2 N–H and O–H groups in total. The molecule has 0 spiro atoms. The molecule has 1 rings (SSSR count). The molecule has 3 heteroatoms. The molecule has 0 aliphatic rings. The Kier molecular flexibility index (Phi) is 5.20. The van der Waals surface area contributed by atoms with E-state index in [9.17, 15) is 0 Å². The van der Waals surface area contributed by atoms with Gasteiger partial charge in [-0.15, -0.1) is 17.0 Å². The summed E-state index contributed by atoms with van der Waals surface area (Å²) in [5, 5.41) is 0. The Balaban J connectivity index is 0.000000810. The summed E-state index contributed by atoms with van der Waals surface area (Å²) >= 11 is 0. The van der Waals surface area contributed by atoms with Crippen LogP contribution in [0.4, 0.5) is 0 Å². The molecule has 0 saturated carbocycles. The van der Waals surface area contributed by atoms with Gasteiger partial charge < -0.3 is 0 Å². The third-order valence-corrected chi connectivity index (χ3v) is 1.09. The van der Waals surface area contributed by atoms with Crippen molar-refractivity contribution in [1.29, 1.82) is 0 Å². The zero-order chi connectivity index (χ0) is 6.53. The molecule has 0 aliphatic heterocycles. The van der Waals surface area contributed by atoms with E-state index in [4.69, 9.17) is 5.90 Å². The van der Waals surface area contributed by atoms with Gasteiger partial charge in [0.25, 0.3) is 0 Å². The van der Waals surface area contributed by atoms with Crippen molar-refractivity contribution in [2.75, 3.05) is 0 Å². The smallest absolute Gasteiger partial charge is 0.0930 e. The van der Waals surface area contributed by atoms with Gasteiger partial charge in [-0.1, -0.05) is 30.3 Å². The monoisotopic (exact) mass is 203 g/mol. The number of hydrogen-bond donors (Lipinski definition) is 1. The first-order valence-corrected chi connectivity index (χ1v) is 2.79. The van der Waals surface area contributed by atoms with Crippen molar-refractivity contribution < 1.29 is 4.84 Å². The summed E-state index contributed by atoms with van der Waals surface area (Å²) in [7, 11) is 0.